The van der Waals surface area contributed by atoms with Crippen LogP contribution in [0.5, 0.6) is 0 Å². The zero-order valence-corrected chi connectivity index (χ0v) is 12.0. The van der Waals surface area contributed by atoms with Crippen LogP contribution in [0.1, 0.15) is 29.8 Å². The molecule has 2 aliphatic heterocycles. The van der Waals surface area contributed by atoms with Gasteiger partial charge in [-0.15, -0.1) is 0 Å². The van der Waals surface area contributed by atoms with Crippen LogP contribution < -0.4 is 10.9 Å². The first-order valence-electron chi connectivity index (χ1n) is 7.56. The largest absolute Gasteiger partial charge is 0.378 e. The quantitative estimate of drug-likeness (QED) is 0.843. The van der Waals surface area contributed by atoms with Gasteiger partial charge in [-0.05, 0) is 32.0 Å². The summed E-state index contributed by atoms with van der Waals surface area (Å²) in [7, 11) is 0. The number of nitrogens with one attached hydrogen (secondary N) is 2. The molecular weight excluding hydrogens is 270 g/mol. The number of aromatic nitrogens is 1. The first-order valence-corrected chi connectivity index (χ1v) is 7.56. The van der Waals surface area contributed by atoms with E-state index in [-0.39, 0.29) is 23.6 Å². The molecule has 6 heteroatoms. The number of nitrogens with zero attached hydrogens (tertiary/aromatic N) is 1. The van der Waals surface area contributed by atoms with E-state index in [1.165, 1.54) is 25.3 Å². The first kappa shape index (κ1) is 14.3. The van der Waals surface area contributed by atoms with Crippen molar-refractivity contribution in [2.24, 2.45) is 0 Å². The third kappa shape index (κ3) is 3.33. The number of rotatable bonds is 3. The summed E-state index contributed by atoms with van der Waals surface area (Å²) >= 11 is 0. The molecule has 0 aromatic carbocycles. The number of amides is 1. The minimum absolute atomic E-state index is 0.0145. The van der Waals surface area contributed by atoms with Crippen LogP contribution in [0.3, 0.4) is 0 Å². The van der Waals surface area contributed by atoms with Crippen LogP contribution in [-0.2, 0) is 4.74 Å². The lowest BCUT2D eigenvalue weighted by Gasteiger charge is -2.34. The van der Waals surface area contributed by atoms with Gasteiger partial charge in [0.2, 0.25) is 5.56 Å². The summed E-state index contributed by atoms with van der Waals surface area (Å²) < 4.78 is 5.56. The Bertz CT molecular complexity index is 551. The van der Waals surface area contributed by atoms with Gasteiger partial charge in [-0.1, -0.05) is 12.5 Å². The smallest absolute Gasteiger partial charge is 0.268 e. The van der Waals surface area contributed by atoms with Gasteiger partial charge >= 0.3 is 0 Å². The third-order valence-corrected chi connectivity index (χ3v) is 4.24. The molecule has 3 rings (SSSR count). The number of hydrogen-bond acceptors (Lipinski definition) is 4. The molecular formula is C15H21N3O3. The highest BCUT2D eigenvalue weighted by Gasteiger charge is 2.34. The van der Waals surface area contributed by atoms with Gasteiger partial charge in [0.05, 0.1) is 25.3 Å². The van der Waals surface area contributed by atoms with Crippen LogP contribution in [0.2, 0.25) is 0 Å². The van der Waals surface area contributed by atoms with Crippen LogP contribution in [0.15, 0.2) is 23.0 Å². The van der Waals surface area contributed by atoms with Gasteiger partial charge in [0.1, 0.15) is 5.69 Å². The fourth-order valence-electron chi connectivity index (χ4n) is 3.12. The molecule has 2 saturated heterocycles. The molecule has 1 aromatic rings. The molecule has 2 N–H and O–H groups in total. The molecule has 0 radical (unpaired) electrons. The molecule has 0 aliphatic carbocycles. The Hall–Kier alpha value is -1.66. The molecule has 0 saturated carbocycles. The van der Waals surface area contributed by atoms with Gasteiger partial charge in [-0.2, -0.15) is 0 Å². The van der Waals surface area contributed by atoms with Crippen molar-refractivity contribution in [1.82, 2.24) is 15.2 Å². The number of carbonyl (C=O) groups excluding carboxylic acids is 1. The monoisotopic (exact) mass is 291 g/mol. The zero-order valence-electron chi connectivity index (χ0n) is 12.0. The number of H-pyrrole nitrogens is 1. The standard InChI is InChI=1S/C15H21N3O3/c19-14-6-4-5-11(16-14)15(20)17-12-9-21-10-13(12)18-7-2-1-3-8-18/h4-6,12-13H,1-3,7-10H2,(H,16,19)(H,17,20)/t12-,13-/m0/s1. The molecule has 2 atom stereocenters. The molecule has 21 heavy (non-hydrogen) atoms. The number of piperidine rings is 1. The van der Waals surface area contributed by atoms with Gasteiger partial charge in [-0.25, -0.2) is 0 Å². The lowest BCUT2D eigenvalue weighted by Crippen LogP contribution is -2.52. The highest BCUT2D eigenvalue weighted by atomic mass is 16.5. The summed E-state index contributed by atoms with van der Waals surface area (Å²) in [5.41, 5.74) is 0.0321. The van der Waals surface area contributed by atoms with E-state index in [0.717, 1.165) is 13.1 Å². The van der Waals surface area contributed by atoms with E-state index in [4.69, 9.17) is 4.74 Å². The molecule has 2 fully saturated rings. The lowest BCUT2D eigenvalue weighted by atomic mass is 10.0. The van der Waals surface area contributed by atoms with Crippen LogP contribution in [0, 0.1) is 0 Å². The molecule has 2 aliphatic rings. The zero-order chi connectivity index (χ0) is 14.7. The second-order valence-corrected chi connectivity index (χ2v) is 5.71. The lowest BCUT2D eigenvalue weighted by molar-refractivity contribution is 0.0894. The molecule has 6 nitrogen and oxygen atoms in total. The molecule has 3 heterocycles. The summed E-state index contributed by atoms with van der Waals surface area (Å²) in [6, 6.07) is 4.82. The number of aromatic amines is 1. The number of pyridine rings is 1. The van der Waals surface area contributed by atoms with E-state index < -0.39 is 0 Å². The normalized spacial score (nSPS) is 26.7. The molecule has 1 amide bonds. The number of likely N-dealkylation sites (tertiary alicyclic amines) is 1. The Morgan fingerprint density at radius 1 is 1.24 bits per heavy atom. The predicted molar refractivity (Wildman–Crippen MR) is 78.3 cm³/mol. The average molecular weight is 291 g/mol. The summed E-state index contributed by atoms with van der Waals surface area (Å²) in [5.74, 6) is -0.245. The molecule has 114 valence electrons. The van der Waals surface area contributed by atoms with Gasteiger partial charge in [0.15, 0.2) is 0 Å². The third-order valence-electron chi connectivity index (χ3n) is 4.24. The number of ether oxygens (including phenoxy) is 1. The van der Waals surface area contributed by atoms with Crippen molar-refractivity contribution in [1.29, 1.82) is 0 Å². The first-order chi connectivity index (χ1) is 10.2. The van der Waals surface area contributed by atoms with Crippen LogP contribution in [0.25, 0.3) is 0 Å². The Kier molecular flexibility index (Phi) is 4.36. The topological polar surface area (TPSA) is 74.4 Å². The SMILES string of the molecule is O=C(N[C@H]1COC[C@@H]1N1CCCCC1)c1cccc(=O)[nH]1. The maximum atomic E-state index is 12.2. The summed E-state index contributed by atoms with van der Waals surface area (Å²) in [6.07, 6.45) is 3.71. The fourth-order valence-corrected chi connectivity index (χ4v) is 3.12. The van der Waals surface area contributed by atoms with Crippen molar-refractivity contribution in [3.05, 3.63) is 34.2 Å². The van der Waals surface area contributed by atoms with Crippen LogP contribution in [0.4, 0.5) is 0 Å². The number of hydrogen-bond donors (Lipinski definition) is 2. The van der Waals surface area contributed by atoms with E-state index in [1.54, 1.807) is 12.1 Å². The van der Waals surface area contributed by atoms with Gasteiger partial charge < -0.3 is 15.0 Å². The van der Waals surface area contributed by atoms with E-state index in [1.807, 2.05) is 0 Å². The van der Waals surface area contributed by atoms with Crippen LogP contribution in [-0.4, -0.2) is 54.2 Å². The van der Waals surface area contributed by atoms with E-state index >= 15 is 0 Å². The van der Waals surface area contributed by atoms with E-state index in [0.29, 0.717) is 18.9 Å². The molecule has 0 unspecified atom stereocenters. The highest BCUT2D eigenvalue weighted by Crippen LogP contribution is 2.19. The Morgan fingerprint density at radius 2 is 2.05 bits per heavy atom. The number of carbonyl (C=O) groups is 1. The Balaban J connectivity index is 1.65. The minimum atomic E-state index is -0.266. The predicted octanol–water partition coefficient (Wildman–Crippen LogP) is 0.358. The second-order valence-electron chi connectivity index (χ2n) is 5.71. The van der Waals surface area contributed by atoms with Crippen molar-refractivity contribution >= 4 is 5.91 Å². The Labute approximate surface area is 123 Å². The van der Waals surface area contributed by atoms with E-state index in [2.05, 4.69) is 15.2 Å². The average Bonchev–Trinajstić information content (AvgIpc) is 2.96. The van der Waals surface area contributed by atoms with Crippen molar-refractivity contribution in [3.63, 3.8) is 0 Å². The maximum Gasteiger partial charge on any atom is 0.268 e. The minimum Gasteiger partial charge on any atom is -0.378 e. The second kappa shape index (κ2) is 6.41. The van der Waals surface area contributed by atoms with Gasteiger partial charge in [0.25, 0.3) is 5.91 Å². The van der Waals surface area contributed by atoms with Gasteiger partial charge in [-0.3, -0.25) is 14.5 Å². The molecule has 1 aromatic heterocycles. The highest BCUT2D eigenvalue weighted by molar-refractivity contribution is 5.92. The van der Waals surface area contributed by atoms with Crippen molar-refractivity contribution in [2.75, 3.05) is 26.3 Å². The molecule has 0 spiro atoms. The van der Waals surface area contributed by atoms with Crippen LogP contribution >= 0.6 is 0 Å². The summed E-state index contributed by atoms with van der Waals surface area (Å²) in [6.45, 7) is 3.34. The van der Waals surface area contributed by atoms with Gasteiger partial charge in [0, 0.05) is 6.07 Å². The fraction of sp³-hybridized carbons (Fsp3) is 0.600. The summed E-state index contributed by atoms with van der Waals surface area (Å²) in [5, 5.41) is 2.99. The summed E-state index contributed by atoms with van der Waals surface area (Å²) in [4.78, 5) is 28.5. The van der Waals surface area contributed by atoms with Crippen molar-refractivity contribution < 1.29 is 9.53 Å². The van der Waals surface area contributed by atoms with Crippen molar-refractivity contribution in [2.45, 2.75) is 31.3 Å². The van der Waals surface area contributed by atoms with Crippen molar-refractivity contribution in [3.8, 4) is 0 Å². The maximum absolute atomic E-state index is 12.2. The van der Waals surface area contributed by atoms with E-state index in [9.17, 15) is 9.59 Å². The Morgan fingerprint density at radius 3 is 2.81 bits per heavy atom. The molecule has 0 bridgehead atoms.